The molecule has 0 bridgehead atoms. The Balaban J connectivity index is 2.26. The minimum absolute atomic E-state index is 0.0782. The molecule has 0 aliphatic carbocycles. The van der Waals surface area contributed by atoms with Gasteiger partial charge < -0.3 is 4.90 Å². The van der Waals surface area contributed by atoms with Crippen LogP contribution in [-0.2, 0) is 0 Å². The third-order valence-corrected chi connectivity index (χ3v) is 5.27. The Hall–Kier alpha value is -1.41. The summed E-state index contributed by atoms with van der Waals surface area (Å²) in [5.41, 5.74) is 0.873. The van der Waals surface area contributed by atoms with E-state index < -0.39 is 24.7 Å². The molecular weight excluding hydrogens is 345 g/mol. The number of alkyl halides is 3. The first-order valence-electron chi connectivity index (χ1n) is 7.05. The van der Waals surface area contributed by atoms with E-state index in [-0.39, 0.29) is 10.8 Å². The number of rotatable bonds is 5. The molecule has 0 fully saturated rings. The molecule has 0 aromatic carbocycles. The largest absolute Gasteiger partial charge is 0.406 e. The number of thiazole rings is 1. The lowest BCUT2D eigenvalue weighted by Crippen LogP contribution is -2.46. The Labute approximate surface area is 140 Å². The van der Waals surface area contributed by atoms with Gasteiger partial charge in [-0.15, -0.1) is 11.3 Å². The van der Waals surface area contributed by atoms with Crippen molar-refractivity contribution in [2.45, 2.75) is 33.0 Å². The minimum Gasteiger partial charge on any atom is -0.326 e. The van der Waals surface area contributed by atoms with Crippen molar-refractivity contribution in [3.8, 4) is 10.6 Å². The van der Waals surface area contributed by atoms with Gasteiger partial charge in [0.25, 0.3) is 5.91 Å². The molecule has 0 unspecified atom stereocenters. The van der Waals surface area contributed by atoms with Crippen LogP contribution in [0.3, 0.4) is 0 Å². The second kappa shape index (κ2) is 7.00. The maximum absolute atomic E-state index is 12.8. The van der Waals surface area contributed by atoms with Crippen LogP contribution in [0.2, 0.25) is 0 Å². The summed E-state index contributed by atoms with van der Waals surface area (Å²) >= 11 is 2.62. The SMILES string of the molecule is CC(C)[C@@H](C)N(CC(F)(F)F)C(=O)c1cnc(-c2ccsc2)s1. The zero-order valence-electron chi connectivity index (χ0n) is 12.9. The maximum atomic E-state index is 12.8. The molecule has 0 N–H and O–H groups in total. The number of hydrogen-bond donors (Lipinski definition) is 0. The number of carbonyl (C=O) groups is 1. The highest BCUT2D eigenvalue weighted by molar-refractivity contribution is 7.17. The van der Waals surface area contributed by atoms with Gasteiger partial charge in [0.2, 0.25) is 0 Å². The highest BCUT2D eigenvalue weighted by Gasteiger charge is 2.37. The maximum Gasteiger partial charge on any atom is 0.406 e. The number of hydrogen-bond acceptors (Lipinski definition) is 4. The van der Waals surface area contributed by atoms with Gasteiger partial charge in [-0.25, -0.2) is 4.98 Å². The van der Waals surface area contributed by atoms with Crippen LogP contribution in [0.25, 0.3) is 10.6 Å². The molecule has 0 aliphatic rings. The summed E-state index contributed by atoms with van der Waals surface area (Å²) in [4.78, 5) is 17.8. The summed E-state index contributed by atoms with van der Waals surface area (Å²) in [7, 11) is 0. The normalized spacial score (nSPS) is 13.3. The Kier molecular flexibility index (Phi) is 5.46. The smallest absolute Gasteiger partial charge is 0.326 e. The molecule has 0 spiro atoms. The summed E-state index contributed by atoms with van der Waals surface area (Å²) in [5.74, 6) is -0.701. The molecular formula is C15H17F3N2OS2. The van der Waals surface area contributed by atoms with Gasteiger partial charge in [0.15, 0.2) is 0 Å². The molecule has 2 rings (SSSR count). The predicted molar refractivity (Wildman–Crippen MR) is 86.8 cm³/mol. The van der Waals surface area contributed by atoms with Gasteiger partial charge in [0, 0.05) is 17.0 Å². The minimum atomic E-state index is -4.43. The van der Waals surface area contributed by atoms with E-state index in [1.165, 1.54) is 17.5 Å². The van der Waals surface area contributed by atoms with E-state index in [0.717, 1.165) is 21.8 Å². The molecule has 8 heteroatoms. The summed E-state index contributed by atoms with van der Waals surface area (Å²) < 4.78 is 38.5. The van der Waals surface area contributed by atoms with E-state index in [1.807, 2.05) is 16.8 Å². The van der Waals surface area contributed by atoms with Gasteiger partial charge in [0.1, 0.15) is 16.4 Å². The Morgan fingerprint density at radius 1 is 1.35 bits per heavy atom. The molecule has 1 amide bonds. The number of amides is 1. The molecule has 2 aromatic heterocycles. The molecule has 23 heavy (non-hydrogen) atoms. The van der Waals surface area contributed by atoms with Crippen LogP contribution >= 0.6 is 22.7 Å². The van der Waals surface area contributed by atoms with E-state index in [1.54, 1.807) is 20.8 Å². The van der Waals surface area contributed by atoms with Crippen molar-refractivity contribution in [1.82, 2.24) is 9.88 Å². The average Bonchev–Trinajstić information content (AvgIpc) is 3.12. The van der Waals surface area contributed by atoms with Crippen LogP contribution in [0.1, 0.15) is 30.4 Å². The lowest BCUT2D eigenvalue weighted by atomic mass is 10.0. The van der Waals surface area contributed by atoms with E-state index in [0.29, 0.717) is 5.01 Å². The van der Waals surface area contributed by atoms with Crippen LogP contribution in [0.15, 0.2) is 23.0 Å². The topological polar surface area (TPSA) is 33.2 Å². The van der Waals surface area contributed by atoms with Gasteiger partial charge in [-0.1, -0.05) is 13.8 Å². The number of carbonyl (C=O) groups excluding carboxylic acids is 1. The molecule has 0 aliphatic heterocycles. The summed E-state index contributed by atoms with van der Waals surface area (Å²) in [6, 6.07) is 1.35. The average molecular weight is 362 g/mol. The van der Waals surface area contributed by atoms with Gasteiger partial charge in [-0.05, 0) is 24.3 Å². The number of aromatic nitrogens is 1. The van der Waals surface area contributed by atoms with Crippen LogP contribution in [-0.4, -0.2) is 34.6 Å². The van der Waals surface area contributed by atoms with Gasteiger partial charge in [0.05, 0.1) is 6.20 Å². The molecule has 0 saturated heterocycles. The molecule has 0 saturated carbocycles. The Bertz CT molecular complexity index is 650. The van der Waals surface area contributed by atoms with Crippen molar-refractivity contribution in [2.24, 2.45) is 5.92 Å². The second-order valence-corrected chi connectivity index (χ2v) is 7.39. The highest BCUT2D eigenvalue weighted by atomic mass is 32.1. The first-order valence-corrected chi connectivity index (χ1v) is 8.81. The first kappa shape index (κ1) is 17.9. The van der Waals surface area contributed by atoms with Crippen LogP contribution in [0.4, 0.5) is 13.2 Å². The lowest BCUT2D eigenvalue weighted by molar-refractivity contribution is -0.145. The summed E-state index contributed by atoms with van der Waals surface area (Å²) in [6.07, 6.45) is -3.07. The summed E-state index contributed by atoms with van der Waals surface area (Å²) in [5, 5.41) is 4.41. The van der Waals surface area contributed by atoms with Crippen molar-refractivity contribution < 1.29 is 18.0 Å². The van der Waals surface area contributed by atoms with Gasteiger partial charge in [-0.3, -0.25) is 4.79 Å². The quantitative estimate of drug-likeness (QED) is 0.756. The second-order valence-electron chi connectivity index (χ2n) is 5.57. The molecule has 0 radical (unpaired) electrons. The van der Waals surface area contributed by atoms with E-state index in [4.69, 9.17) is 0 Å². The van der Waals surface area contributed by atoms with Crippen LogP contribution in [0, 0.1) is 5.92 Å². The van der Waals surface area contributed by atoms with Crippen LogP contribution in [0.5, 0.6) is 0 Å². The zero-order valence-corrected chi connectivity index (χ0v) is 14.6. The molecule has 3 nitrogen and oxygen atoms in total. The van der Waals surface area contributed by atoms with Crippen molar-refractivity contribution >= 4 is 28.6 Å². The van der Waals surface area contributed by atoms with Crippen molar-refractivity contribution in [2.75, 3.05) is 6.54 Å². The van der Waals surface area contributed by atoms with E-state index in [2.05, 4.69) is 4.98 Å². The fourth-order valence-electron chi connectivity index (χ4n) is 1.99. The standard InChI is InChI=1S/C15H17F3N2OS2/c1-9(2)10(3)20(8-15(16,17)18)14(21)12-6-19-13(23-12)11-4-5-22-7-11/h4-7,9-10H,8H2,1-3H3/t10-/m1/s1. The molecule has 2 aromatic rings. The number of halogens is 3. The van der Waals surface area contributed by atoms with E-state index in [9.17, 15) is 18.0 Å². The molecule has 2 heterocycles. The fraction of sp³-hybridized carbons (Fsp3) is 0.467. The van der Waals surface area contributed by atoms with Gasteiger partial charge in [-0.2, -0.15) is 24.5 Å². The molecule has 126 valence electrons. The Morgan fingerprint density at radius 2 is 2.04 bits per heavy atom. The zero-order chi connectivity index (χ0) is 17.2. The first-order chi connectivity index (χ1) is 10.7. The monoisotopic (exact) mass is 362 g/mol. The number of thiophene rings is 1. The van der Waals surface area contributed by atoms with Crippen LogP contribution < -0.4 is 0 Å². The highest BCUT2D eigenvalue weighted by Crippen LogP contribution is 2.29. The molecule has 1 atom stereocenters. The Morgan fingerprint density at radius 3 is 2.57 bits per heavy atom. The predicted octanol–water partition coefficient (Wildman–Crippen LogP) is 4.92. The van der Waals surface area contributed by atoms with Gasteiger partial charge >= 0.3 is 6.18 Å². The number of nitrogens with zero attached hydrogens (tertiary/aromatic N) is 2. The summed E-state index contributed by atoms with van der Waals surface area (Å²) in [6.45, 7) is 3.97. The van der Waals surface area contributed by atoms with Crippen molar-refractivity contribution in [1.29, 1.82) is 0 Å². The van der Waals surface area contributed by atoms with E-state index >= 15 is 0 Å². The lowest BCUT2D eigenvalue weighted by Gasteiger charge is -2.32. The third-order valence-electron chi connectivity index (χ3n) is 3.55. The van der Waals surface area contributed by atoms with Crippen molar-refractivity contribution in [3.05, 3.63) is 27.9 Å². The third kappa shape index (κ3) is 4.54. The fourth-order valence-corrected chi connectivity index (χ4v) is 3.57. The van der Waals surface area contributed by atoms with Crippen molar-refractivity contribution in [3.63, 3.8) is 0 Å².